The van der Waals surface area contributed by atoms with Crippen molar-refractivity contribution in [2.75, 3.05) is 0 Å². The van der Waals surface area contributed by atoms with Crippen LogP contribution in [0.3, 0.4) is 0 Å². The number of rotatable bonds is 7. The Morgan fingerprint density at radius 3 is 0.853 bits per heavy atom. The predicted molar refractivity (Wildman–Crippen MR) is 133 cm³/mol. The molecule has 0 bridgehead atoms. The fourth-order valence-electron chi connectivity index (χ4n) is 7.33. The molecule has 0 radical (unpaired) electrons. The van der Waals surface area contributed by atoms with Gasteiger partial charge in [-0.1, -0.05) is 77.0 Å². The Balaban J connectivity index is 1.50. The maximum Gasteiger partial charge on any atom is 0.255 e. The zero-order valence-electron chi connectivity index (χ0n) is 21.2. The molecule has 0 unspecified atom stereocenters. The van der Waals surface area contributed by atoms with E-state index in [1.807, 2.05) is 9.80 Å². The van der Waals surface area contributed by atoms with Crippen LogP contribution >= 0.6 is 0 Å². The molecule has 0 spiro atoms. The molecule has 0 heterocycles. The average Bonchev–Trinajstić information content (AvgIpc) is 2.90. The molecule has 6 nitrogen and oxygen atoms in total. The first kappa shape index (κ1) is 25.9. The lowest BCUT2D eigenvalue weighted by Gasteiger charge is -2.44. The Morgan fingerprint density at radius 1 is 0.441 bits per heavy atom. The number of hydrogen-bond donors (Lipinski definition) is 2. The van der Waals surface area contributed by atoms with E-state index in [4.69, 9.17) is 0 Å². The molecule has 0 saturated heterocycles. The first-order chi connectivity index (χ1) is 16.6. The molecule has 194 valence electrons. The first-order valence-electron chi connectivity index (χ1n) is 14.6. The number of carbonyl (C=O) groups excluding carboxylic acids is 2. The largest absolute Gasteiger partial charge is 0.380 e. The second-order valence-corrected chi connectivity index (χ2v) is 11.5. The van der Waals surface area contributed by atoms with Gasteiger partial charge in [-0.05, 0) is 51.4 Å². The number of aliphatic hydroxyl groups is 2. The van der Waals surface area contributed by atoms with Gasteiger partial charge in [-0.25, -0.2) is 0 Å². The van der Waals surface area contributed by atoms with E-state index in [1.54, 1.807) is 0 Å². The smallest absolute Gasteiger partial charge is 0.255 e. The predicted octanol–water partition coefficient (Wildman–Crippen LogP) is 4.70. The van der Waals surface area contributed by atoms with E-state index in [1.165, 1.54) is 25.7 Å². The fourth-order valence-corrected chi connectivity index (χ4v) is 7.33. The van der Waals surface area contributed by atoms with Crippen molar-refractivity contribution < 1.29 is 19.8 Å². The average molecular weight is 477 g/mol. The van der Waals surface area contributed by atoms with Crippen LogP contribution in [0, 0.1) is 0 Å². The zero-order chi connectivity index (χ0) is 23.9. The van der Waals surface area contributed by atoms with Gasteiger partial charge in [-0.15, -0.1) is 0 Å². The van der Waals surface area contributed by atoms with Gasteiger partial charge in [-0.2, -0.15) is 0 Å². The second-order valence-electron chi connectivity index (χ2n) is 11.5. The third kappa shape index (κ3) is 6.16. The highest BCUT2D eigenvalue weighted by atomic mass is 16.3. The second kappa shape index (κ2) is 12.7. The van der Waals surface area contributed by atoms with Crippen molar-refractivity contribution in [2.45, 2.75) is 165 Å². The van der Waals surface area contributed by atoms with Crippen LogP contribution < -0.4 is 0 Å². The van der Waals surface area contributed by atoms with E-state index in [0.29, 0.717) is 0 Å². The summed E-state index contributed by atoms with van der Waals surface area (Å²) < 4.78 is 0. The molecule has 2 atom stereocenters. The topological polar surface area (TPSA) is 81.1 Å². The highest BCUT2D eigenvalue weighted by Gasteiger charge is 2.43. The quantitative estimate of drug-likeness (QED) is 0.558. The minimum atomic E-state index is -1.66. The van der Waals surface area contributed by atoms with Gasteiger partial charge in [-0.3, -0.25) is 9.59 Å². The van der Waals surface area contributed by atoms with Gasteiger partial charge in [0, 0.05) is 24.2 Å². The summed E-state index contributed by atoms with van der Waals surface area (Å²) in [5, 5.41) is 22.3. The van der Waals surface area contributed by atoms with E-state index in [-0.39, 0.29) is 24.2 Å². The Morgan fingerprint density at radius 2 is 0.647 bits per heavy atom. The summed E-state index contributed by atoms with van der Waals surface area (Å²) in [5.41, 5.74) is 0. The van der Waals surface area contributed by atoms with Gasteiger partial charge >= 0.3 is 0 Å². The van der Waals surface area contributed by atoms with Crippen LogP contribution in [0.4, 0.5) is 0 Å². The summed E-state index contributed by atoms with van der Waals surface area (Å²) in [7, 11) is 0. The van der Waals surface area contributed by atoms with Crippen LogP contribution in [-0.4, -0.2) is 68.2 Å². The monoisotopic (exact) mass is 476 g/mol. The third-order valence-corrected chi connectivity index (χ3v) is 9.19. The molecule has 4 saturated carbocycles. The Labute approximate surface area is 206 Å². The summed E-state index contributed by atoms with van der Waals surface area (Å²) in [6, 6.07) is 0.534. The minimum Gasteiger partial charge on any atom is -0.380 e. The number of hydrogen-bond acceptors (Lipinski definition) is 4. The van der Waals surface area contributed by atoms with E-state index in [9.17, 15) is 19.8 Å². The number of aliphatic hydroxyl groups excluding tert-OH is 2. The molecule has 0 aromatic carbocycles. The maximum atomic E-state index is 13.7. The molecule has 2 N–H and O–H groups in total. The Kier molecular flexibility index (Phi) is 9.70. The summed E-state index contributed by atoms with van der Waals surface area (Å²) in [4.78, 5) is 31.3. The molecule has 4 fully saturated rings. The molecule has 4 rings (SSSR count). The van der Waals surface area contributed by atoms with E-state index >= 15 is 0 Å². The van der Waals surface area contributed by atoms with Gasteiger partial charge in [0.2, 0.25) is 0 Å². The summed E-state index contributed by atoms with van der Waals surface area (Å²) >= 11 is 0. The molecule has 4 aliphatic rings. The lowest BCUT2D eigenvalue weighted by atomic mass is 9.87. The van der Waals surface area contributed by atoms with E-state index < -0.39 is 24.0 Å². The molecule has 0 aromatic heterocycles. The molecule has 0 aromatic rings. The summed E-state index contributed by atoms with van der Waals surface area (Å²) in [6.45, 7) is 0. The van der Waals surface area contributed by atoms with Crippen molar-refractivity contribution in [3.8, 4) is 0 Å². The normalized spacial score (nSPS) is 26.1. The van der Waals surface area contributed by atoms with Crippen LogP contribution in [0.2, 0.25) is 0 Å². The van der Waals surface area contributed by atoms with E-state index in [0.717, 1.165) is 103 Å². The SMILES string of the molecule is O=C([C@@H](O)[C@@H](O)C(=O)N(C1CCCCC1)C1CCCCC1)N(C1CCCCC1)C1CCCCC1. The van der Waals surface area contributed by atoms with Crippen molar-refractivity contribution in [3.05, 3.63) is 0 Å². The van der Waals surface area contributed by atoms with Crippen molar-refractivity contribution in [2.24, 2.45) is 0 Å². The van der Waals surface area contributed by atoms with Crippen molar-refractivity contribution in [3.63, 3.8) is 0 Å². The number of nitrogens with zero attached hydrogens (tertiary/aromatic N) is 2. The van der Waals surface area contributed by atoms with Crippen LogP contribution in [0.15, 0.2) is 0 Å². The molecular weight excluding hydrogens is 428 g/mol. The van der Waals surface area contributed by atoms with Crippen LogP contribution in [0.1, 0.15) is 128 Å². The molecular formula is C28H48N2O4. The summed E-state index contributed by atoms with van der Waals surface area (Å²) in [5.74, 6) is -0.821. The molecule has 34 heavy (non-hydrogen) atoms. The Bertz CT molecular complexity index is 555. The lowest BCUT2D eigenvalue weighted by molar-refractivity contribution is -0.165. The number of amides is 2. The van der Waals surface area contributed by atoms with Crippen LogP contribution in [0.25, 0.3) is 0 Å². The minimum absolute atomic E-state index is 0.133. The van der Waals surface area contributed by atoms with Gasteiger partial charge in [0.1, 0.15) is 0 Å². The van der Waals surface area contributed by atoms with Gasteiger partial charge in [0.05, 0.1) is 0 Å². The van der Waals surface area contributed by atoms with Gasteiger partial charge < -0.3 is 20.0 Å². The summed E-state index contributed by atoms with van der Waals surface area (Å²) in [6.07, 6.45) is 18.1. The first-order valence-corrected chi connectivity index (χ1v) is 14.6. The van der Waals surface area contributed by atoms with Crippen LogP contribution in [0.5, 0.6) is 0 Å². The van der Waals surface area contributed by atoms with Crippen LogP contribution in [-0.2, 0) is 9.59 Å². The third-order valence-electron chi connectivity index (χ3n) is 9.19. The molecule has 0 aliphatic heterocycles. The highest BCUT2D eigenvalue weighted by Crippen LogP contribution is 2.33. The molecule has 6 heteroatoms. The van der Waals surface area contributed by atoms with Crippen molar-refractivity contribution in [1.82, 2.24) is 9.80 Å². The van der Waals surface area contributed by atoms with Gasteiger partial charge in [0.15, 0.2) is 12.2 Å². The Hall–Kier alpha value is -1.14. The lowest BCUT2D eigenvalue weighted by Crippen LogP contribution is -2.59. The highest BCUT2D eigenvalue weighted by molar-refractivity contribution is 5.91. The van der Waals surface area contributed by atoms with Crippen molar-refractivity contribution in [1.29, 1.82) is 0 Å². The molecule has 4 aliphatic carbocycles. The fraction of sp³-hybridized carbons (Fsp3) is 0.929. The van der Waals surface area contributed by atoms with Gasteiger partial charge in [0.25, 0.3) is 11.8 Å². The molecule has 2 amide bonds. The maximum absolute atomic E-state index is 13.7. The number of carbonyl (C=O) groups is 2. The zero-order valence-corrected chi connectivity index (χ0v) is 21.2. The van der Waals surface area contributed by atoms with Crippen molar-refractivity contribution >= 4 is 11.8 Å². The standard InChI is InChI=1S/C28H48N2O4/c31-25(27(33)29(21-13-5-1-6-14-21)22-15-7-2-8-16-22)26(32)28(34)30(23-17-9-3-10-18-23)24-19-11-4-12-20-24/h21-26,31-32H,1-20H2/t25-,26+. The van der Waals surface area contributed by atoms with E-state index in [2.05, 4.69) is 0 Å².